The number of anilines is 1. The Labute approximate surface area is 151 Å². The third kappa shape index (κ3) is 4.31. The van der Waals surface area contributed by atoms with Crippen molar-refractivity contribution in [3.05, 3.63) is 36.0 Å². The molecular formula is C21H30N4. The molecule has 2 saturated heterocycles. The molecule has 0 bridgehead atoms. The second kappa shape index (κ2) is 7.71. The van der Waals surface area contributed by atoms with E-state index >= 15 is 0 Å². The molecule has 134 valence electrons. The van der Waals surface area contributed by atoms with Crippen molar-refractivity contribution in [2.75, 3.05) is 38.5 Å². The fourth-order valence-electron chi connectivity index (χ4n) is 4.31. The average molecular weight is 338 g/mol. The quantitative estimate of drug-likeness (QED) is 0.848. The fraction of sp³-hybridized carbons (Fsp3) is 0.571. The number of piperidine rings is 1. The SMILES string of the molecule is Nc1ccc2nc(CN3CCC(CCN4CCCC4)CC3)ccc2c1. The molecule has 0 radical (unpaired) electrons. The predicted octanol–water partition coefficient (Wildman–Crippen LogP) is 3.51. The molecule has 1 aromatic heterocycles. The van der Waals surface area contributed by atoms with Gasteiger partial charge in [0.25, 0.3) is 0 Å². The second-order valence-electron chi connectivity index (χ2n) is 7.81. The predicted molar refractivity (Wildman–Crippen MR) is 104 cm³/mol. The van der Waals surface area contributed by atoms with Crippen molar-refractivity contribution >= 4 is 16.6 Å². The lowest BCUT2D eigenvalue weighted by Gasteiger charge is -2.32. The molecule has 2 N–H and O–H groups in total. The van der Waals surface area contributed by atoms with Crippen LogP contribution in [-0.2, 0) is 6.54 Å². The van der Waals surface area contributed by atoms with E-state index in [-0.39, 0.29) is 0 Å². The normalized spacial score (nSPS) is 20.5. The summed E-state index contributed by atoms with van der Waals surface area (Å²) in [4.78, 5) is 10.0. The van der Waals surface area contributed by atoms with Crippen LogP contribution in [0.3, 0.4) is 0 Å². The van der Waals surface area contributed by atoms with Crippen LogP contribution < -0.4 is 5.73 Å². The zero-order valence-corrected chi connectivity index (χ0v) is 15.2. The van der Waals surface area contributed by atoms with Gasteiger partial charge in [-0.2, -0.15) is 0 Å². The van der Waals surface area contributed by atoms with E-state index < -0.39 is 0 Å². The number of fused-ring (bicyclic) bond motifs is 1. The summed E-state index contributed by atoms with van der Waals surface area (Å²) >= 11 is 0. The Bertz CT molecular complexity index is 700. The van der Waals surface area contributed by atoms with Crippen LogP contribution in [0, 0.1) is 5.92 Å². The molecule has 4 rings (SSSR count). The third-order valence-corrected chi connectivity index (χ3v) is 5.92. The van der Waals surface area contributed by atoms with E-state index in [4.69, 9.17) is 10.7 Å². The van der Waals surface area contributed by atoms with Crippen LogP contribution in [0.2, 0.25) is 0 Å². The number of nitrogens with zero attached hydrogens (tertiary/aromatic N) is 3. The first-order valence-electron chi connectivity index (χ1n) is 9.86. The number of nitrogen functional groups attached to an aromatic ring is 1. The van der Waals surface area contributed by atoms with E-state index in [2.05, 4.69) is 21.9 Å². The Hall–Kier alpha value is -1.65. The highest BCUT2D eigenvalue weighted by atomic mass is 15.1. The molecule has 2 fully saturated rings. The summed E-state index contributed by atoms with van der Waals surface area (Å²) in [5.41, 5.74) is 8.88. The summed E-state index contributed by atoms with van der Waals surface area (Å²) in [6.07, 6.45) is 6.90. The van der Waals surface area contributed by atoms with Gasteiger partial charge < -0.3 is 10.6 Å². The topological polar surface area (TPSA) is 45.4 Å². The number of benzene rings is 1. The van der Waals surface area contributed by atoms with Gasteiger partial charge in [0.05, 0.1) is 11.2 Å². The number of aromatic nitrogens is 1. The van der Waals surface area contributed by atoms with Crippen molar-refractivity contribution in [3.63, 3.8) is 0 Å². The van der Waals surface area contributed by atoms with Crippen molar-refractivity contribution in [1.29, 1.82) is 0 Å². The van der Waals surface area contributed by atoms with E-state index in [0.29, 0.717) is 0 Å². The molecule has 0 atom stereocenters. The van der Waals surface area contributed by atoms with Gasteiger partial charge in [-0.05, 0) is 95.0 Å². The molecule has 4 heteroatoms. The maximum absolute atomic E-state index is 5.85. The summed E-state index contributed by atoms with van der Waals surface area (Å²) in [7, 11) is 0. The van der Waals surface area contributed by atoms with Crippen LogP contribution in [0.15, 0.2) is 30.3 Å². The molecule has 0 saturated carbocycles. The summed E-state index contributed by atoms with van der Waals surface area (Å²) in [5.74, 6) is 0.921. The summed E-state index contributed by atoms with van der Waals surface area (Å²) < 4.78 is 0. The van der Waals surface area contributed by atoms with Crippen LogP contribution in [-0.4, -0.2) is 47.5 Å². The fourth-order valence-corrected chi connectivity index (χ4v) is 4.31. The molecule has 0 unspecified atom stereocenters. The van der Waals surface area contributed by atoms with Gasteiger partial charge in [0.15, 0.2) is 0 Å². The number of rotatable bonds is 5. The molecule has 0 spiro atoms. The highest BCUT2D eigenvalue weighted by Gasteiger charge is 2.21. The first kappa shape index (κ1) is 16.8. The van der Waals surface area contributed by atoms with Gasteiger partial charge in [-0.25, -0.2) is 0 Å². The maximum Gasteiger partial charge on any atom is 0.0707 e. The lowest BCUT2D eigenvalue weighted by atomic mass is 9.93. The van der Waals surface area contributed by atoms with E-state index in [1.54, 1.807) is 0 Å². The number of likely N-dealkylation sites (tertiary alicyclic amines) is 2. The van der Waals surface area contributed by atoms with E-state index in [0.717, 1.165) is 29.1 Å². The van der Waals surface area contributed by atoms with Crippen LogP contribution >= 0.6 is 0 Å². The largest absolute Gasteiger partial charge is 0.399 e. The van der Waals surface area contributed by atoms with Gasteiger partial charge in [-0.1, -0.05) is 6.07 Å². The number of hydrogen-bond donors (Lipinski definition) is 1. The Morgan fingerprint density at radius 1 is 0.960 bits per heavy atom. The molecule has 1 aromatic carbocycles. The van der Waals surface area contributed by atoms with Gasteiger partial charge >= 0.3 is 0 Å². The average Bonchev–Trinajstić information content (AvgIpc) is 3.15. The highest BCUT2D eigenvalue weighted by molar-refractivity contribution is 5.81. The van der Waals surface area contributed by atoms with Crippen molar-refractivity contribution < 1.29 is 0 Å². The van der Waals surface area contributed by atoms with E-state index in [9.17, 15) is 0 Å². The number of pyridine rings is 1. The van der Waals surface area contributed by atoms with Gasteiger partial charge in [0.1, 0.15) is 0 Å². The van der Waals surface area contributed by atoms with Crippen molar-refractivity contribution in [2.24, 2.45) is 5.92 Å². The van der Waals surface area contributed by atoms with Gasteiger partial charge in [0, 0.05) is 17.6 Å². The standard InChI is InChI=1S/C21H30N4/c22-19-4-6-21-18(15-19)3-5-20(23-21)16-25-13-8-17(9-14-25)7-12-24-10-1-2-11-24/h3-6,15,17H,1-2,7-14,16,22H2. The zero-order valence-electron chi connectivity index (χ0n) is 15.2. The van der Waals surface area contributed by atoms with Crippen LogP contribution in [0.5, 0.6) is 0 Å². The minimum absolute atomic E-state index is 0.804. The Morgan fingerprint density at radius 2 is 1.76 bits per heavy atom. The zero-order chi connectivity index (χ0) is 17.1. The molecule has 2 aliphatic heterocycles. The van der Waals surface area contributed by atoms with Gasteiger partial charge in [0.2, 0.25) is 0 Å². The Kier molecular flexibility index (Phi) is 5.18. The van der Waals surface area contributed by atoms with Crippen molar-refractivity contribution in [1.82, 2.24) is 14.8 Å². The Morgan fingerprint density at radius 3 is 2.56 bits per heavy atom. The molecular weight excluding hydrogens is 308 g/mol. The first-order valence-corrected chi connectivity index (χ1v) is 9.86. The number of nitrogens with two attached hydrogens (primary N) is 1. The first-order chi connectivity index (χ1) is 12.3. The molecule has 25 heavy (non-hydrogen) atoms. The molecule has 3 heterocycles. The number of hydrogen-bond acceptors (Lipinski definition) is 4. The maximum atomic E-state index is 5.85. The van der Waals surface area contributed by atoms with E-state index in [1.807, 2.05) is 18.2 Å². The van der Waals surface area contributed by atoms with Crippen molar-refractivity contribution in [3.8, 4) is 0 Å². The summed E-state index contributed by atoms with van der Waals surface area (Å²) in [6, 6.07) is 10.3. The molecule has 4 nitrogen and oxygen atoms in total. The lowest BCUT2D eigenvalue weighted by molar-refractivity contribution is 0.161. The molecule has 2 aliphatic rings. The van der Waals surface area contributed by atoms with Crippen LogP contribution in [0.4, 0.5) is 5.69 Å². The summed E-state index contributed by atoms with van der Waals surface area (Å²) in [6.45, 7) is 7.38. The van der Waals surface area contributed by atoms with Crippen LogP contribution in [0.25, 0.3) is 10.9 Å². The lowest BCUT2D eigenvalue weighted by Crippen LogP contribution is -2.34. The van der Waals surface area contributed by atoms with E-state index in [1.165, 1.54) is 70.5 Å². The molecule has 0 amide bonds. The smallest absolute Gasteiger partial charge is 0.0707 e. The summed E-state index contributed by atoms with van der Waals surface area (Å²) in [5, 5.41) is 1.13. The monoisotopic (exact) mass is 338 g/mol. The highest BCUT2D eigenvalue weighted by Crippen LogP contribution is 2.23. The minimum Gasteiger partial charge on any atom is -0.399 e. The Balaban J connectivity index is 1.27. The van der Waals surface area contributed by atoms with Crippen molar-refractivity contribution in [2.45, 2.75) is 38.6 Å². The molecule has 0 aliphatic carbocycles. The second-order valence-corrected chi connectivity index (χ2v) is 7.81. The van der Waals surface area contributed by atoms with Gasteiger partial charge in [-0.3, -0.25) is 9.88 Å². The minimum atomic E-state index is 0.804. The van der Waals surface area contributed by atoms with Crippen LogP contribution in [0.1, 0.15) is 37.8 Å². The van der Waals surface area contributed by atoms with Gasteiger partial charge in [-0.15, -0.1) is 0 Å². The molecule has 2 aromatic rings. The third-order valence-electron chi connectivity index (χ3n) is 5.92.